The Morgan fingerprint density at radius 2 is 2.05 bits per heavy atom. The summed E-state index contributed by atoms with van der Waals surface area (Å²) < 4.78 is 1.70. The number of hydrogen-bond donors (Lipinski definition) is 0. The van der Waals surface area contributed by atoms with Crippen molar-refractivity contribution in [3.05, 3.63) is 52.4 Å². The van der Waals surface area contributed by atoms with Gasteiger partial charge in [0.1, 0.15) is 5.69 Å². The third-order valence-electron chi connectivity index (χ3n) is 3.42. The van der Waals surface area contributed by atoms with Crippen LogP contribution in [0.1, 0.15) is 29.3 Å². The summed E-state index contributed by atoms with van der Waals surface area (Å²) in [6.45, 7) is 4.34. The average molecular weight is 321 g/mol. The molecular weight excluding hydrogens is 307 g/mol. The maximum atomic E-state index is 6.44. The second-order valence-corrected chi connectivity index (χ2v) is 6.00. The van der Waals surface area contributed by atoms with E-state index in [9.17, 15) is 0 Å². The number of para-hydroxylation sites is 1. The van der Waals surface area contributed by atoms with Crippen molar-refractivity contribution in [2.24, 2.45) is 0 Å². The van der Waals surface area contributed by atoms with E-state index < -0.39 is 0 Å². The van der Waals surface area contributed by atoms with Gasteiger partial charge < -0.3 is 0 Å². The largest absolute Gasteiger partial charge is 0.249 e. The highest BCUT2D eigenvalue weighted by Crippen LogP contribution is 2.27. The monoisotopic (exact) mass is 320 g/mol. The Morgan fingerprint density at radius 1 is 1.29 bits per heavy atom. The fourth-order valence-corrected chi connectivity index (χ4v) is 2.55. The van der Waals surface area contributed by atoms with E-state index in [4.69, 9.17) is 23.2 Å². The minimum absolute atomic E-state index is 0.166. The number of benzene rings is 1. The fraction of sp³-hybridized carbons (Fsp3) is 0.267. The number of aryl methyl sites for hydroxylation is 1. The van der Waals surface area contributed by atoms with Crippen molar-refractivity contribution in [2.75, 3.05) is 0 Å². The molecule has 0 fully saturated rings. The number of halogens is 2. The molecule has 0 aliphatic rings. The van der Waals surface area contributed by atoms with Crippen LogP contribution in [0, 0.1) is 6.92 Å². The van der Waals surface area contributed by atoms with Gasteiger partial charge in [0, 0.05) is 5.39 Å². The molecule has 6 heteroatoms. The number of fused-ring (bicyclic) bond motifs is 1. The van der Waals surface area contributed by atoms with Crippen LogP contribution in [0.3, 0.4) is 0 Å². The number of nitrogens with zero attached hydrogens (tertiary/aromatic N) is 4. The molecule has 0 aliphatic heterocycles. The van der Waals surface area contributed by atoms with Crippen LogP contribution in [-0.2, 0) is 6.54 Å². The minimum Gasteiger partial charge on any atom is -0.249 e. The molecule has 3 aromatic rings. The first kappa shape index (κ1) is 14.3. The van der Waals surface area contributed by atoms with Crippen LogP contribution >= 0.6 is 23.2 Å². The quantitative estimate of drug-likeness (QED) is 0.681. The molecule has 1 atom stereocenters. The summed E-state index contributed by atoms with van der Waals surface area (Å²) in [5.41, 5.74) is 3.49. The molecule has 0 spiro atoms. The molecule has 1 aromatic carbocycles. The van der Waals surface area contributed by atoms with Crippen LogP contribution in [0.4, 0.5) is 0 Å². The van der Waals surface area contributed by atoms with Gasteiger partial charge in [-0.05, 0) is 25.5 Å². The van der Waals surface area contributed by atoms with Gasteiger partial charge in [-0.2, -0.15) is 0 Å². The molecule has 0 N–H and O–H groups in total. The van der Waals surface area contributed by atoms with Crippen LogP contribution < -0.4 is 0 Å². The summed E-state index contributed by atoms with van der Waals surface area (Å²) in [7, 11) is 0. The van der Waals surface area contributed by atoms with E-state index in [1.54, 1.807) is 4.68 Å². The smallest absolute Gasteiger partial charge is 0.100 e. The maximum absolute atomic E-state index is 6.44. The Bertz CT molecular complexity index is 795. The van der Waals surface area contributed by atoms with Gasteiger partial charge in [-0.15, -0.1) is 16.7 Å². The summed E-state index contributed by atoms with van der Waals surface area (Å²) in [6, 6.07) is 7.96. The van der Waals surface area contributed by atoms with Crippen LogP contribution in [-0.4, -0.2) is 20.0 Å². The third kappa shape index (κ3) is 2.74. The molecule has 108 valence electrons. The zero-order valence-electron chi connectivity index (χ0n) is 11.7. The topological polar surface area (TPSA) is 43.6 Å². The number of pyridine rings is 1. The second kappa shape index (κ2) is 5.62. The van der Waals surface area contributed by atoms with Gasteiger partial charge in [0.25, 0.3) is 0 Å². The van der Waals surface area contributed by atoms with E-state index in [2.05, 4.69) is 15.3 Å². The van der Waals surface area contributed by atoms with Gasteiger partial charge in [-0.3, -0.25) is 0 Å². The summed E-state index contributed by atoms with van der Waals surface area (Å²) in [5, 5.41) is 9.68. The van der Waals surface area contributed by atoms with E-state index in [1.807, 2.05) is 44.3 Å². The average Bonchev–Trinajstić information content (AvgIpc) is 2.93. The Labute approximate surface area is 132 Å². The molecule has 0 radical (unpaired) electrons. The lowest BCUT2D eigenvalue weighted by Crippen LogP contribution is -2.05. The molecule has 0 saturated heterocycles. The van der Waals surface area contributed by atoms with Crippen molar-refractivity contribution in [2.45, 2.75) is 25.8 Å². The molecule has 4 nitrogen and oxygen atoms in total. The maximum Gasteiger partial charge on any atom is 0.100 e. The van der Waals surface area contributed by atoms with Gasteiger partial charge in [0.15, 0.2) is 0 Å². The fourth-order valence-electron chi connectivity index (χ4n) is 2.25. The summed E-state index contributed by atoms with van der Waals surface area (Å²) in [6.07, 6.45) is 1.82. The van der Waals surface area contributed by atoms with Gasteiger partial charge in [0.05, 0.1) is 34.4 Å². The molecule has 0 amide bonds. The first-order valence-electron chi connectivity index (χ1n) is 6.64. The van der Waals surface area contributed by atoms with Crippen LogP contribution in [0.25, 0.3) is 10.9 Å². The lowest BCUT2D eigenvalue weighted by molar-refractivity contribution is 0.639. The zero-order valence-corrected chi connectivity index (χ0v) is 13.2. The van der Waals surface area contributed by atoms with Crippen molar-refractivity contribution in [1.29, 1.82) is 0 Å². The number of rotatable bonds is 3. The zero-order chi connectivity index (χ0) is 15.0. The number of alkyl halides is 1. The standard InChI is InChI=1S/C15H14Cl2N4/c1-9-11-5-3-4-6-12(11)18-14(15(9)17)8-21-7-13(10(2)16)19-20-21/h3-7,10H,8H2,1-2H3. The molecule has 3 rings (SSSR count). The number of hydrogen-bond acceptors (Lipinski definition) is 3. The summed E-state index contributed by atoms with van der Waals surface area (Å²) in [4.78, 5) is 4.63. The molecule has 0 bridgehead atoms. The van der Waals surface area contributed by atoms with Crippen molar-refractivity contribution in [3.8, 4) is 0 Å². The highest BCUT2D eigenvalue weighted by molar-refractivity contribution is 6.32. The Kier molecular flexibility index (Phi) is 3.83. The van der Waals surface area contributed by atoms with E-state index in [-0.39, 0.29) is 5.38 Å². The Balaban J connectivity index is 2.01. The molecule has 0 aliphatic carbocycles. The summed E-state index contributed by atoms with van der Waals surface area (Å²) >= 11 is 12.4. The number of aromatic nitrogens is 4. The molecule has 2 heterocycles. The third-order valence-corrected chi connectivity index (χ3v) is 4.15. The summed E-state index contributed by atoms with van der Waals surface area (Å²) in [5.74, 6) is 0. The normalized spacial score (nSPS) is 12.8. The molecular formula is C15H14Cl2N4. The highest BCUT2D eigenvalue weighted by atomic mass is 35.5. The van der Waals surface area contributed by atoms with Gasteiger partial charge in [0.2, 0.25) is 0 Å². The molecule has 1 unspecified atom stereocenters. The predicted molar refractivity (Wildman–Crippen MR) is 84.9 cm³/mol. The van der Waals surface area contributed by atoms with E-state index in [0.29, 0.717) is 11.6 Å². The lowest BCUT2D eigenvalue weighted by Gasteiger charge is -2.09. The highest BCUT2D eigenvalue weighted by Gasteiger charge is 2.12. The van der Waals surface area contributed by atoms with Crippen molar-refractivity contribution in [1.82, 2.24) is 20.0 Å². The van der Waals surface area contributed by atoms with Gasteiger partial charge in [-0.1, -0.05) is 35.0 Å². The lowest BCUT2D eigenvalue weighted by atomic mass is 10.1. The second-order valence-electron chi connectivity index (χ2n) is 4.97. The van der Waals surface area contributed by atoms with Crippen molar-refractivity contribution >= 4 is 34.1 Å². The van der Waals surface area contributed by atoms with E-state index in [1.165, 1.54) is 0 Å². The molecule has 21 heavy (non-hydrogen) atoms. The SMILES string of the molecule is Cc1c(Cl)c(Cn2cc(C(C)Cl)nn2)nc2ccccc12. The van der Waals surface area contributed by atoms with Crippen LogP contribution in [0.15, 0.2) is 30.5 Å². The van der Waals surface area contributed by atoms with Gasteiger partial charge >= 0.3 is 0 Å². The molecule has 2 aromatic heterocycles. The first-order valence-corrected chi connectivity index (χ1v) is 7.45. The van der Waals surface area contributed by atoms with Crippen molar-refractivity contribution in [3.63, 3.8) is 0 Å². The van der Waals surface area contributed by atoms with Crippen LogP contribution in [0.5, 0.6) is 0 Å². The predicted octanol–water partition coefficient (Wildman–Crippen LogP) is 4.14. The Hall–Kier alpha value is -1.65. The van der Waals surface area contributed by atoms with Gasteiger partial charge in [-0.25, -0.2) is 9.67 Å². The first-order chi connectivity index (χ1) is 10.1. The van der Waals surface area contributed by atoms with E-state index >= 15 is 0 Å². The molecule has 0 saturated carbocycles. The minimum atomic E-state index is -0.166. The Morgan fingerprint density at radius 3 is 2.76 bits per heavy atom. The van der Waals surface area contributed by atoms with Crippen molar-refractivity contribution < 1.29 is 0 Å². The van der Waals surface area contributed by atoms with E-state index in [0.717, 1.165) is 27.9 Å². The van der Waals surface area contributed by atoms with Crippen LogP contribution in [0.2, 0.25) is 5.02 Å².